The summed E-state index contributed by atoms with van der Waals surface area (Å²) in [5.74, 6) is -2.37. The zero-order valence-corrected chi connectivity index (χ0v) is 20.1. The lowest BCUT2D eigenvalue weighted by Crippen LogP contribution is -2.24. The Labute approximate surface area is 208 Å². The van der Waals surface area contributed by atoms with E-state index in [0.717, 1.165) is 0 Å². The fourth-order valence-electron chi connectivity index (χ4n) is 3.04. The number of carbonyl (C=O) groups is 2. The molecule has 0 spiro atoms. The van der Waals surface area contributed by atoms with E-state index in [1.54, 1.807) is 18.2 Å². The van der Waals surface area contributed by atoms with Crippen LogP contribution in [0.1, 0.15) is 21.8 Å². The van der Waals surface area contributed by atoms with Gasteiger partial charge in [-0.05, 0) is 35.9 Å². The van der Waals surface area contributed by atoms with E-state index in [2.05, 4.69) is 17.4 Å². The van der Waals surface area contributed by atoms with Crippen LogP contribution in [-0.2, 0) is 9.63 Å². The minimum absolute atomic E-state index is 0.107. The molecular weight excluding hydrogens is 529 g/mol. The quantitative estimate of drug-likeness (QED) is 0.135. The van der Waals surface area contributed by atoms with Gasteiger partial charge in [-0.2, -0.15) is 0 Å². The third-order valence-electron chi connectivity index (χ3n) is 4.55. The van der Waals surface area contributed by atoms with E-state index in [-0.39, 0.29) is 32.3 Å². The molecule has 0 heterocycles. The van der Waals surface area contributed by atoms with Gasteiger partial charge < -0.3 is 5.32 Å². The molecule has 1 saturated carbocycles. The zero-order valence-electron chi connectivity index (χ0n) is 15.5. The lowest BCUT2D eigenvalue weighted by atomic mass is 10.1. The summed E-state index contributed by atoms with van der Waals surface area (Å²) in [6, 6.07) is 7.56. The van der Waals surface area contributed by atoms with Gasteiger partial charge in [0.25, 0.3) is 5.91 Å². The Hall–Kier alpha value is -1.18. The molecule has 164 valence electrons. The average Bonchev–Trinajstić information content (AvgIpc) is 3.29. The molecule has 2 aromatic carbocycles. The highest BCUT2D eigenvalue weighted by molar-refractivity contribution is 6.54. The molecule has 0 saturated heterocycles. The van der Waals surface area contributed by atoms with Gasteiger partial charge in [-0.1, -0.05) is 52.5 Å². The molecular formula is C20H14Cl6N2O3. The number of hydrogen-bond donors (Lipinski definition) is 2. The number of hydroxylamine groups is 1. The summed E-state index contributed by atoms with van der Waals surface area (Å²) in [5, 5.41) is 3.53. The molecule has 2 aromatic rings. The Morgan fingerprint density at radius 1 is 1.06 bits per heavy atom. The van der Waals surface area contributed by atoms with Crippen LogP contribution in [0.4, 0.5) is 5.69 Å². The van der Waals surface area contributed by atoms with Crippen molar-refractivity contribution in [2.45, 2.75) is 10.3 Å². The molecule has 2 unspecified atom stereocenters. The van der Waals surface area contributed by atoms with Crippen molar-refractivity contribution in [2.24, 2.45) is 5.92 Å². The molecule has 1 fully saturated rings. The van der Waals surface area contributed by atoms with Gasteiger partial charge in [0, 0.05) is 11.6 Å². The van der Waals surface area contributed by atoms with E-state index in [9.17, 15) is 9.59 Å². The molecule has 11 heteroatoms. The summed E-state index contributed by atoms with van der Waals surface area (Å²) >= 11 is 37.0. The summed E-state index contributed by atoms with van der Waals surface area (Å²) in [6.45, 7) is 3.60. The van der Waals surface area contributed by atoms with Crippen LogP contribution in [0.15, 0.2) is 43.0 Å². The first-order chi connectivity index (χ1) is 14.6. The van der Waals surface area contributed by atoms with Gasteiger partial charge in [0.2, 0.25) is 5.91 Å². The third kappa shape index (κ3) is 5.25. The normalized spacial score (nSPS) is 18.9. The number of nitrogens with one attached hydrogen (secondary N) is 2. The first kappa shape index (κ1) is 24.5. The Kier molecular flexibility index (Phi) is 7.70. The molecule has 0 aliphatic heterocycles. The number of alkyl halides is 2. The van der Waals surface area contributed by atoms with Gasteiger partial charge in [0.15, 0.2) is 0 Å². The van der Waals surface area contributed by atoms with Crippen LogP contribution in [0.25, 0.3) is 0 Å². The van der Waals surface area contributed by atoms with Crippen molar-refractivity contribution in [1.82, 2.24) is 5.48 Å². The summed E-state index contributed by atoms with van der Waals surface area (Å²) in [5.41, 5.74) is 3.24. The van der Waals surface area contributed by atoms with Gasteiger partial charge in [-0.25, -0.2) is 5.48 Å². The molecule has 5 nitrogen and oxygen atoms in total. The molecule has 1 aliphatic rings. The van der Waals surface area contributed by atoms with Gasteiger partial charge in [0.05, 0.1) is 38.2 Å². The van der Waals surface area contributed by atoms with Gasteiger partial charge in [-0.15, -0.1) is 29.8 Å². The second kappa shape index (κ2) is 9.75. The topological polar surface area (TPSA) is 67.4 Å². The maximum absolute atomic E-state index is 12.8. The Morgan fingerprint density at radius 2 is 1.71 bits per heavy atom. The Balaban J connectivity index is 1.76. The SMILES string of the molecule is C=CCONC(=O)c1cc(NC(=O)C2C(c3cc(Cl)c(Cl)c(Cl)c3)C2(Cl)Cl)ccc1Cl. The molecule has 0 radical (unpaired) electrons. The average molecular weight is 543 g/mol. The number of carbonyl (C=O) groups excluding carboxylic acids is 2. The summed E-state index contributed by atoms with van der Waals surface area (Å²) < 4.78 is -1.37. The minimum Gasteiger partial charge on any atom is -0.326 e. The van der Waals surface area contributed by atoms with E-state index >= 15 is 0 Å². The highest BCUT2D eigenvalue weighted by Crippen LogP contribution is 2.65. The van der Waals surface area contributed by atoms with E-state index in [1.807, 2.05) is 0 Å². The number of halogens is 6. The van der Waals surface area contributed by atoms with Gasteiger partial charge in [-0.3, -0.25) is 14.4 Å². The van der Waals surface area contributed by atoms with Crippen LogP contribution in [0.2, 0.25) is 20.1 Å². The maximum Gasteiger partial charge on any atom is 0.276 e. The van der Waals surface area contributed by atoms with Crippen LogP contribution in [-0.4, -0.2) is 22.8 Å². The fraction of sp³-hybridized carbons (Fsp3) is 0.200. The molecule has 2 amide bonds. The summed E-state index contributed by atoms with van der Waals surface area (Å²) in [4.78, 5) is 30.0. The maximum atomic E-state index is 12.8. The Morgan fingerprint density at radius 3 is 2.32 bits per heavy atom. The summed E-state index contributed by atoms with van der Waals surface area (Å²) in [7, 11) is 0. The number of benzene rings is 2. The van der Waals surface area contributed by atoms with Crippen LogP contribution < -0.4 is 10.8 Å². The highest BCUT2D eigenvalue weighted by Gasteiger charge is 2.67. The predicted molar refractivity (Wildman–Crippen MR) is 126 cm³/mol. The number of anilines is 1. The van der Waals surface area contributed by atoms with Crippen LogP contribution >= 0.6 is 69.6 Å². The van der Waals surface area contributed by atoms with Crippen molar-refractivity contribution < 1.29 is 14.4 Å². The van der Waals surface area contributed by atoms with Crippen molar-refractivity contribution in [2.75, 3.05) is 11.9 Å². The van der Waals surface area contributed by atoms with Crippen molar-refractivity contribution in [3.63, 3.8) is 0 Å². The molecule has 3 rings (SSSR count). The van der Waals surface area contributed by atoms with Gasteiger partial charge in [0.1, 0.15) is 4.33 Å². The Bertz CT molecular complexity index is 1040. The monoisotopic (exact) mass is 540 g/mol. The fourth-order valence-corrected chi connectivity index (χ4v) is 4.69. The van der Waals surface area contributed by atoms with E-state index in [4.69, 9.17) is 74.4 Å². The number of amides is 2. The molecule has 31 heavy (non-hydrogen) atoms. The number of hydrogen-bond acceptors (Lipinski definition) is 3. The first-order valence-electron chi connectivity index (χ1n) is 8.73. The molecule has 1 aliphatic carbocycles. The largest absolute Gasteiger partial charge is 0.326 e. The third-order valence-corrected chi connectivity index (χ3v) is 7.01. The minimum atomic E-state index is -1.37. The van der Waals surface area contributed by atoms with Crippen LogP contribution in [0, 0.1) is 5.92 Å². The van der Waals surface area contributed by atoms with Crippen molar-refractivity contribution in [3.8, 4) is 0 Å². The van der Waals surface area contributed by atoms with Crippen LogP contribution in [0.3, 0.4) is 0 Å². The second-order valence-electron chi connectivity index (χ2n) is 6.64. The number of rotatable bonds is 7. The lowest BCUT2D eigenvalue weighted by Gasteiger charge is -2.10. The van der Waals surface area contributed by atoms with Crippen molar-refractivity contribution >= 4 is 87.1 Å². The first-order valence-corrected chi connectivity index (χ1v) is 11.0. The molecule has 0 aromatic heterocycles. The van der Waals surface area contributed by atoms with E-state index < -0.39 is 28.0 Å². The zero-order chi connectivity index (χ0) is 22.9. The molecule has 2 N–H and O–H groups in total. The van der Waals surface area contributed by atoms with Crippen molar-refractivity contribution in [1.29, 1.82) is 0 Å². The van der Waals surface area contributed by atoms with Gasteiger partial charge >= 0.3 is 0 Å². The smallest absolute Gasteiger partial charge is 0.276 e. The lowest BCUT2D eigenvalue weighted by molar-refractivity contribution is -0.117. The summed E-state index contributed by atoms with van der Waals surface area (Å²) in [6.07, 6.45) is 1.47. The standard InChI is InChI=1S/C20H14Cl6N2O3/c1-2-5-31-28-18(29)11-8-10(3-4-12(11)21)27-19(30)16-15(20(16,25)26)9-6-13(22)17(24)14(23)7-9/h2-4,6-8,15-16H,1,5H2,(H,27,30)(H,28,29). The predicted octanol–water partition coefficient (Wildman–Crippen LogP) is 6.67. The molecule has 2 atom stereocenters. The molecule has 0 bridgehead atoms. The van der Waals surface area contributed by atoms with E-state index in [1.165, 1.54) is 18.2 Å². The van der Waals surface area contributed by atoms with Crippen molar-refractivity contribution in [3.05, 3.63) is 74.2 Å². The van der Waals surface area contributed by atoms with E-state index in [0.29, 0.717) is 11.3 Å². The highest BCUT2D eigenvalue weighted by atomic mass is 35.5. The van der Waals surface area contributed by atoms with Crippen LogP contribution in [0.5, 0.6) is 0 Å². The second-order valence-corrected chi connectivity index (χ2v) is 9.69.